The van der Waals surface area contributed by atoms with E-state index in [1.54, 1.807) is 11.3 Å². The molecule has 29 heavy (non-hydrogen) atoms. The summed E-state index contributed by atoms with van der Waals surface area (Å²) in [6, 6.07) is 10.7. The van der Waals surface area contributed by atoms with Crippen molar-refractivity contribution in [2.45, 2.75) is 51.9 Å². The standard InChI is InChI=1S/C24H25N3OS/c1-14-19-10-9-18-22(21-13-25-16(3)29-21)26-15(2)27-23(18)24(19,12-11-20(14)28)17-7-5-4-6-8-17/h4-8,13-14,19H,9-12H2,1-3H3/t14-,19-,24+/m0/s1. The fourth-order valence-electron chi connectivity index (χ4n) is 5.58. The van der Waals surface area contributed by atoms with Gasteiger partial charge in [-0.05, 0) is 44.6 Å². The van der Waals surface area contributed by atoms with Gasteiger partial charge in [0, 0.05) is 29.5 Å². The van der Waals surface area contributed by atoms with E-state index in [4.69, 9.17) is 9.97 Å². The monoisotopic (exact) mass is 403 g/mol. The van der Waals surface area contributed by atoms with Crippen LogP contribution < -0.4 is 0 Å². The number of aryl methyl sites for hydroxylation is 2. The average Bonchev–Trinajstić information content (AvgIpc) is 3.17. The number of Topliss-reactive ketones (excluding diaryl/α,β-unsaturated/α-hetero) is 1. The first kappa shape index (κ1) is 18.6. The summed E-state index contributed by atoms with van der Waals surface area (Å²) in [5.41, 5.74) is 4.50. The number of nitrogens with zero attached hydrogens (tertiary/aromatic N) is 3. The summed E-state index contributed by atoms with van der Waals surface area (Å²) in [5, 5.41) is 1.05. The highest BCUT2D eigenvalue weighted by atomic mass is 32.1. The number of carbonyl (C=O) groups is 1. The maximum atomic E-state index is 12.7. The van der Waals surface area contributed by atoms with Crippen molar-refractivity contribution >= 4 is 17.1 Å². The highest BCUT2D eigenvalue weighted by Crippen LogP contribution is 2.55. The number of benzene rings is 1. The quantitative estimate of drug-likeness (QED) is 0.600. The number of hydrogen-bond acceptors (Lipinski definition) is 5. The van der Waals surface area contributed by atoms with Gasteiger partial charge in [-0.2, -0.15) is 0 Å². The van der Waals surface area contributed by atoms with Gasteiger partial charge in [-0.25, -0.2) is 15.0 Å². The minimum absolute atomic E-state index is 0.0569. The SMILES string of the molecule is Cc1nc(-c2cnc(C)s2)c2c(n1)[C@@]1(c3ccccc3)CCC(=O)[C@@H](C)[C@@H]1CC2. The summed E-state index contributed by atoms with van der Waals surface area (Å²) in [7, 11) is 0. The molecule has 0 N–H and O–H groups in total. The Morgan fingerprint density at radius 2 is 1.90 bits per heavy atom. The van der Waals surface area contributed by atoms with Crippen LogP contribution in [0.5, 0.6) is 0 Å². The van der Waals surface area contributed by atoms with Gasteiger partial charge in [0.2, 0.25) is 0 Å². The van der Waals surface area contributed by atoms with Crippen molar-refractivity contribution in [2.75, 3.05) is 0 Å². The lowest BCUT2D eigenvalue weighted by Crippen LogP contribution is -2.50. The topological polar surface area (TPSA) is 55.7 Å². The summed E-state index contributed by atoms with van der Waals surface area (Å²) in [5.74, 6) is 1.53. The van der Waals surface area contributed by atoms with Crippen molar-refractivity contribution in [3.8, 4) is 10.6 Å². The minimum Gasteiger partial charge on any atom is -0.299 e. The second-order valence-electron chi connectivity index (χ2n) is 8.43. The first-order valence-corrected chi connectivity index (χ1v) is 11.2. The molecule has 2 aliphatic rings. The third-order valence-corrected chi connectivity index (χ3v) is 7.82. The highest BCUT2D eigenvalue weighted by molar-refractivity contribution is 7.15. The summed E-state index contributed by atoms with van der Waals surface area (Å²) in [4.78, 5) is 28.2. The van der Waals surface area contributed by atoms with Crippen LogP contribution in [-0.2, 0) is 16.6 Å². The fraction of sp³-hybridized carbons (Fsp3) is 0.417. The molecule has 0 aliphatic heterocycles. The Bertz CT molecular complexity index is 1090. The summed E-state index contributed by atoms with van der Waals surface area (Å²) >= 11 is 1.69. The molecule has 1 aromatic carbocycles. The molecule has 2 aliphatic carbocycles. The zero-order valence-corrected chi connectivity index (χ0v) is 17.9. The molecule has 5 heteroatoms. The first-order chi connectivity index (χ1) is 14.0. The van der Waals surface area contributed by atoms with E-state index in [0.717, 1.165) is 46.4 Å². The molecule has 4 nitrogen and oxygen atoms in total. The molecule has 0 bridgehead atoms. The third kappa shape index (κ3) is 2.78. The normalized spacial score (nSPS) is 26.1. The lowest BCUT2D eigenvalue weighted by molar-refractivity contribution is -0.128. The Kier molecular flexibility index (Phi) is 4.39. The predicted octanol–water partition coefficient (Wildman–Crippen LogP) is 5.06. The Labute approximate surface area is 175 Å². The van der Waals surface area contributed by atoms with Gasteiger partial charge < -0.3 is 0 Å². The summed E-state index contributed by atoms with van der Waals surface area (Å²) < 4.78 is 0. The van der Waals surface area contributed by atoms with Crippen LogP contribution in [0.1, 0.15) is 53.8 Å². The zero-order chi connectivity index (χ0) is 20.2. The molecule has 0 amide bonds. The number of fused-ring (bicyclic) bond motifs is 3. The number of aromatic nitrogens is 3. The van der Waals surface area contributed by atoms with Crippen LogP contribution in [0.25, 0.3) is 10.6 Å². The van der Waals surface area contributed by atoms with Gasteiger partial charge in [-0.1, -0.05) is 37.3 Å². The van der Waals surface area contributed by atoms with Gasteiger partial charge >= 0.3 is 0 Å². The molecule has 0 saturated heterocycles. The van der Waals surface area contributed by atoms with Gasteiger partial charge in [-0.3, -0.25) is 4.79 Å². The van der Waals surface area contributed by atoms with E-state index < -0.39 is 0 Å². The predicted molar refractivity (Wildman–Crippen MR) is 115 cm³/mol. The van der Waals surface area contributed by atoms with Crippen LogP contribution in [0.3, 0.4) is 0 Å². The molecule has 1 saturated carbocycles. The highest BCUT2D eigenvalue weighted by Gasteiger charge is 2.53. The van der Waals surface area contributed by atoms with Crippen LogP contribution in [0, 0.1) is 25.7 Å². The van der Waals surface area contributed by atoms with Crippen molar-refractivity contribution in [3.63, 3.8) is 0 Å². The van der Waals surface area contributed by atoms with Crippen molar-refractivity contribution in [1.29, 1.82) is 0 Å². The Morgan fingerprint density at radius 3 is 2.62 bits per heavy atom. The second-order valence-corrected chi connectivity index (χ2v) is 9.66. The van der Waals surface area contributed by atoms with E-state index in [9.17, 15) is 4.79 Å². The lowest BCUT2D eigenvalue weighted by Gasteiger charge is -2.50. The third-order valence-electron chi connectivity index (χ3n) is 6.90. The van der Waals surface area contributed by atoms with Crippen molar-refractivity contribution < 1.29 is 4.79 Å². The Morgan fingerprint density at radius 1 is 1.10 bits per heavy atom. The van der Waals surface area contributed by atoms with Gasteiger partial charge in [0.25, 0.3) is 0 Å². The number of thiazole rings is 1. The Balaban J connectivity index is 1.80. The molecule has 3 aromatic rings. The van der Waals surface area contributed by atoms with E-state index in [1.165, 1.54) is 11.1 Å². The maximum absolute atomic E-state index is 12.7. The molecule has 5 rings (SSSR count). The van der Waals surface area contributed by atoms with E-state index >= 15 is 0 Å². The molecule has 0 radical (unpaired) electrons. The van der Waals surface area contributed by atoms with Crippen molar-refractivity contribution in [3.05, 3.63) is 64.2 Å². The molecular weight excluding hydrogens is 378 g/mol. The van der Waals surface area contributed by atoms with Crippen molar-refractivity contribution in [2.24, 2.45) is 11.8 Å². The smallest absolute Gasteiger partial charge is 0.136 e. The first-order valence-electron chi connectivity index (χ1n) is 10.4. The van der Waals surface area contributed by atoms with Gasteiger partial charge in [0.1, 0.15) is 11.6 Å². The van der Waals surface area contributed by atoms with Crippen LogP contribution in [-0.4, -0.2) is 20.7 Å². The van der Waals surface area contributed by atoms with E-state index in [2.05, 4.69) is 42.2 Å². The molecule has 1 fully saturated rings. The minimum atomic E-state index is -0.218. The molecule has 148 valence electrons. The summed E-state index contributed by atoms with van der Waals surface area (Å²) in [6.07, 6.45) is 5.29. The van der Waals surface area contributed by atoms with Gasteiger partial charge in [-0.15, -0.1) is 11.3 Å². The van der Waals surface area contributed by atoms with Gasteiger partial charge in [0.15, 0.2) is 0 Å². The summed E-state index contributed by atoms with van der Waals surface area (Å²) in [6.45, 7) is 6.14. The van der Waals surface area contributed by atoms with E-state index in [-0.39, 0.29) is 17.3 Å². The molecule has 0 spiro atoms. The molecular formula is C24H25N3OS. The van der Waals surface area contributed by atoms with Crippen LogP contribution in [0.15, 0.2) is 36.5 Å². The van der Waals surface area contributed by atoms with Crippen LogP contribution in [0.4, 0.5) is 0 Å². The lowest BCUT2D eigenvalue weighted by atomic mass is 9.53. The Hall–Kier alpha value is -2.40. The largest absolute Gasteiger partial charge is 0.299 e. The molecule has 2 aromatic heterocycles. The zero-order valence-electron chi connectivity index (χ0n) is 17.1. The number of ketones is 1. The number of hydrogen-bond donors (Lipinski definition) is 0. The van der Waals surface area contributed by atoms with E-state index in [1.807, 2.05) is 20.0 Å². The van der Waals surface area contributed by atoms with Gasteiger partial charge in [0.05, 0.1) is 21.3 Å². The van der Waals surface area contributed by atoms with Crippen LogP contribution in [0.2, 0.25) is 0 Å². The average molecular weight is 404 g/mol. The molecule has 3 atom stereocenters. The van der Waals surface area contributed by atoms with Crippen LogP contribution >= 0.6 is 11.3 Å². The molecule has 2 heterocycles. The fourth-order valence-corrected chi connectivity index (χ4v) is 6.38. The van der Waals surface area contributed by atoms with Crippen molar-refractivity contribution in [1.82, 2.24) is 15.0 Å². The number of carbonyl (C=O) groups excluding carboxylic acids is 1. The maximum Gasteiger partial charge on any atom is 0.136 e. The van der Waals surface area contributed by atoms with E-state index in [0.29, 0.717) is 12.2 Å². The number of rotatable bonds is 2. The second kappa shape index (κ2) is 6.84. The molecule has 0 unspecified atom stereocenters.